The van der Waals surface area contributed by atoms with E-state index in [9.17, 15) is 12.8 Å². The summed E-state index contributed by atoms with van der Waals surface area (Å²) in [7, 11) is -1.83. The molecule has 1 N–H and O–H groups in total. The largest absolute Gasteiger partial charge is 0.312 e. The molecule has 1 aliphatic heterocycles. The highest BCUT2D eigenvalue weighted by Gasteiger charge is 2.44. The fourth-order valence-electron chi connectivity index (χ4n) is 2.40. The normalized spacial score (nSPS) is 26.7. The van der Waals surface area contributed by atoms with Gasteiger partial charge in [-0.2, -0.15) is 0 Å². The highest BCUT2D eigenvalue weighted by atomic mass is 32.2. The van der Waals surface area contributed by atoms with Crippen molar-refractivity contribution in [2.75, 3.05) is 7.05 Å². The summed E-state index contributed by atoms with van der Waals surface area (Å²) in [5.74, 6) is -0.645. The second kappa shape index (κ2) is 3.82. The van der Waals surface area contributed by atoms with Gasteiger partial charge in [-0.05, 0) is 25.1 Å². The SMILES string of the molecule is CCC1C(NC)c2cccc(F)c2S1(=O)=O. The van der Waals surface area contributed by atoms with Gasteiger partial charge in [0, 0.05) is 0 Å². The van der Waals surface area contributed by atoms with E-state index in [0.717, 1.165) is 0 Å². The average molecular weight is 243 g/mol. The topological polar surface area (TPSA) is 46.2 Å². The number of benzene rings is 1. The summed E-state index contributed by atoms with van der Waals surface area (Å²) >= 11 is 0. The van der Waals surface area contributed by atoms with Crippen LogP contribution in [0.1, 0.15) is 24.9 Å². The fraction of sp³-hybridized carbons (Fsp3) is 0.455. The van der Waals surface area contributed by atoms with Crippen molar-refractivity contribution in [3.63, 3.8) is 0 Å². The standard InChI is InChI=1S/C11H14FNO2S/c1-3-9-10(13-2)7-5-4-6-8(12)11(7)16(9,14)15/h4-6,9-10,13H,3H2,1-2H3. The molecule has 0 saturated carbocycles. The average Bonchev–Trinajstić information content (AvgIpc) is 2.46. The van der Waals surface area contributed by atoms with Gasteiger partial charge in [-0.3, -0.25) is 0 Å². The zero-order chi connectivity index (χ0) is 11.9. The Balaban J connectivity index is 2.72. The summed E-state index contributed by atoms with van der Waals surface area (Å²) in [5.41, 5.74) is 0.550. The van der Waals surface area contributed by atoms with Crippen LogP contribution in [0.15, 0.2) is 23.1 Å². The molecule has 0 aromatic heterocycles. The second-order valence-corrected chi connectivity index (χ2v) is 6.02. The Morgan fingerprint density at radius 2 is 2.12 bits per heavy atom. The van der Waals surface area contributed by atoms with Crippen molar-refractivity contribution in [3.05, 3.63) is 29.6 Å². The zero-order valence-corrected chi connectivity index (χ0v) is 10.0. The molecule has 0 amide bonds. The molecule has 1 aromatic rings. The highest BCUT2D eigenvalue weighted by Crippen LogP contribution is 2.41. The van der Waals surface area contributed by atoms with Crippen molar-refractivity contribution >= 4 is 9.84 Å². The molecule has 0 aliphatic carbocycles. The van der Waals surface area contributed by atoms with Crippen molar-refractivity contribution in [2.45, 2.75) is 29.5 Å². The quantitative estimate of drug-likeness (QED) is 0.859. The molecule has 1 aromatic carbocycles. The van der Waals surface area contributed by atoms with Crippen LogP contribution in [0, 0.1) is 5.82 Å². The molecule has 3 nitrogen and oxygen atoms in total. The molecule has 2 atom stereocenters. The zero-order valence-electron chi connectivity index (χ0n) is 9.20. The monoisotopic (exact) mass is 243 g/mol. The maximum Gasteiger partial charge on any atom is 0.186 e. The van der Waals surface area contributed by atoms with Crippen molar-refractivity contribution in [1.82, 2.24) is 5.32 Å². The lowest BCUT2D eigenvalue weighted by Crippen LogP contribution is -2.28. The van der Waals surface area contributed by atoms with Gasteiger partial charge in [0.05, 0.1) is 11.3 Å². The van der Waals surface area contributed by atoms with Gasteiger partial charge in [0.2, 0.25) is 0 Å². The van der Waals surface area contributed by atoms with E-state index in [-0.39, 0.29) is 10.9 Å². The first kappa shape index (κ1) is 11.5. The van der Waals surface area contributed by atoms with E-state index in [0.29, 0.717) is 12.0 Å². The summed E-state index contributed by atoms with van der Waals surface area (Å²) in [4.78, 5) is -0.124. The molecule has 0 saturated heterocycles. The Bertz CT molecular complexity index is 513. The van der Waals surface area contributed by atoms with Gasteiger partial charge >= 0.3 is 0 Å². The molecule has 0 radical (unpaired) electrons. The first-order valence-electron chi connectivity index (χ1n) is 5.23. The molecule has 2 rings (SSSR count). The molecule has 0 bridgehead atoms. The van der Waals surface area contributed by atoms with E-state index >= 15 is 0 Å². The first-order valence-corrected chi connectivity index (χ1v) is 6.78. The van der Waals surface area contributed by atoms with Gasteiger partial charge in [-0.1, -0.05) is 19.1 Å². The predicted octanol–water partition coefficient (Wildman–Crippen LogP) is 1.65. The minimum atomic E-state index is -3.53. The van der Waals surface area contributed by atoms with E-state index in [1.165, 1.54) is 6.07 Å². The van der Waals surface area contributed by atoms with Gasteiger partial charge in [-0.25, -0.2) is 12.8 Å². The lowest BCUT2D eigenvalue weighted by atomic mass is 10.0. The van der Waals surface area contributed by atoms with Gasteiger partial charge < -0.3 is 5.32 Å². The van der Waals surface area contributed by atoms with Crippen LogP contribution in [-0.4, -0.2) is 20.7 Å². The first-order chi connectivity index (χ1) is 7.54. The Morgan fingerprint density at radius 3 is 2.69 bits per heavy atom. The van der Waals surface area contributed by atoms with Crippen LogP contribution in [0.25, 0.3) is 0 Å². The van der Waals surface area contributed by atoms with Crippen LogP contribution in [0.5, 0.6) is 0 Å². The van der Waals surface area contributed by atoms with Gasteiger partial charge in [0.15, 0.2) is 9.84 Å². The number of nitrogens with one attached hydrogen (secondary N) is 1. The van der Waals surface area contributed by atoms with Crippen LogP contribution in [0.4, 0.5) is 4.39 Å². The Kier molecular flexibility index (Phi) is 2.75. The van der Waals surface area contributed by atoms with E-state index in [4.69, 9.17) is 0 Å². The van der Waals surface area contributed by atoms with Crippen molar-refractivity contribution in [3.8, 4) is 0 Å². The van der Waals surface area contributed by atoms with Crippen LogP contribution in [0.3, 0.4) is 0 Å². The van der Waals surface area contributed by atoms with Crippen LogP contribution in [0.2, 0.25) is 0 Å². The Morgan fingerprint density at radius 1 is 1.44 bits per heavy atom. The molecular formula is C11H14FNO2S. The van der Waals surface area contributed by atoms with Gasteiger partial charge in [0.25, 0.3) is 0 Å². The molecule has 2 unspecified atom stereocenters. The lowest BCUT2D eigenvalue weighted by molar-refractivity contribution is 0.528. The summed E-state index contributed by atoms with van der Waals surface area (Å²) in [6.07, 6.45) is 0.474. The van der Waals surface area contributed by atoms with E-state index in [2.05, 4.69) is 5.32 Å². The third-order valence-electron chi connectivity index (χ3n) is 3.10. The summed E-state index contributed by atoms with van der Waals surface area (Å²) in [6, 6.07) is 4.11. The molecule has 88 valence electrons. The number of halogens is 1. The molecule has 1 aliphatic rings. The number of hydrogen-bond acceptors (Lipinski definition) is 3. The predicted molar refractivity (Wildman–Crippen MR) is 59.5 cm³/mol. The van der Waals surface area contributed by atoms with E-state index < -0.39 is 20.9 Å². The smallest absolute Gasteiger partial charge is 0.186 e. The lowest BCUT2D eigenvalue weighted by Gasteiger charge is -2.16. The van der Waals surface area contributed by atoms with Crippen LogP contribution >= 0.6 is 0 Å². The molecule has 1 heterocycles. The number of sulfone groups is 1. The van der Waals surface area contributed by atoms with Crippen LogP contribution in [-0.2, 0) is 9.84 Å². The second-order valence-electron chi connectivity index (χ2n) is 3.92. The summed E-state index contributed by atoms with van der Waals surface area (Å²) in [6.45, 7) is 1.80. The third kappa shape index (κ3) is 1.38. The summed E-state index contributed by atoms with van der Waals surface area (Å²) in [5, 5.41) is 2.39. The molecule has 0 fully saturated rings. The number of hydrogen-bond donors (Lipinski definition) is 1. The van der Waals surface area contributed by atoms with Crippen molar-refractivity contribution in [1.29, 1.82) is 0 Å². The maximum absolute atomic E-state index is 13.6. The minimum absolute atomic E-state index is 0.124. The Labute approximate surface area is 94.6 Å². The number of rotatable bonds is 2. The van der Waals surface area contributed by atoms with Crippen molar-refractivity contribution < 1.29 is 12.8 Å². The molecule has 16 heavy (non-hydrogen) atoms. The molecular weight excluding hydrogens is 229 g/mol. The van der Waals surface area contributed by atoms with Crippen LogP contribution < -0.4 is 5.32 Å². The maximum atomic E-state index is 13.6. The highest BCUT2D eigenvalue weighted by molar-refractivity contribution is 7.92. The van der Waals surface area contributed by atoms with Gasteiger partial charge in [0.1, 0.15) is 10.7 Å². The third-order valence-corrected chi connectivity index (χ3v) is 5.50. The van der Waals surface area contributed by atoms with E-state index in [1.54, 1.807) is 26.1 Å². The van der Waals surface area contributed by atoms with E-state index in [1.807, 2.05) is 0 Å². The summed E-state index contributed by atoms with van der Waals surface area (Å²) < 4.78 is 37.8. The molecule has 5 heteroatoms. The van der Waals surface area contributed by atoms with Crippen molar-refractivity contribution in [2.24, 2.45) is 0 Å². The van der Waals surface area contributed by atoms with Gasteiger partial charge in [-0.15, -0.1) is 0 Å². The number of fused-ring (bicyclic) bond motifs is 1. The molecule has 0 spiro atoms. The fourth-order valence-corrected chi connectivity index (χ4v) is 4.64. The minimum Gasteiger partial charge on any atom is -0.312 e. The Hall–Kier alpha value is -0.940.